The molecule has 0 radical (unpaired) electrons. The Morgan fingerprint density at radius 2 is 1.89 bits per heavy atom. The molecule has 0 aliphatic heterocycles. The van der Waals surface area contributed by atoms with Crippen LogP contribution in [0.25, 0.3) is 0 Å². The van der Waals surface area contributed by atoms with Gasteiger partial charge in [-0.15, -0.1) is 11.8 Å². The molecule has 2 aromatic rings. The van der Waals surface area contributed by atoms with Crippen LogP contribution in [0.5, 0.6) is 0 Å². The SMILES string of the molecule is Cc1ccc(Cl)c(C(=O)CSc2ccccc2)c1. The van der Waals surface area contributed by atoms with Gasteiger partial charge in [0.2, 0.25) is 0 Å². The quantitative estimate of drug-likeness (QED) is 0.598. The Morgan fingerprint density at radius 1 is 1.17 bits per heavy atom. The molecule has 0 saturated carbocycles. The number of hydrogen-bond donors (Lipinski definition) is 0. The third-order valence-electron chi connectivity index (χ3n) is 2.54. The van der Waals surface area contributed by atoms with Gasteiger partial charge in [0.15, 0.2) is 5.78 Å². The van der Waals surface area contributed by atoms with Crippen LogP contribution >= 0.6 is 23.4 Å². The number of benzene rings is 2. The summed E-state index contributed by atoms with van der Waals surface area (Å²) < 4.78 is 0. The van der Waals surface area contributed by atoms with E-state index in [0.717, 1.165) is 10.5 Å². The summed E-state index contributed by atoms with van der Waals surface area (Å²) in [7, 11) is 0. The van der Waals surface area contributed by atoms with Gasteiger partial charge in [0.05, 0.1) is 10.8 Å². The molecule has 2 aromatic carbocycles. The molecule has 18 heavy (non-hydrogen) atoms. The summed E-state index contributed by atoms with van der Waals surface area (Å²) in [5, 5.41) is 0.527. The molecule has 2 rings (SSSR count). The van der Waals surface area contributed by atoms with Crippen molar-refractivity contribution in [2.45, 2.75) is 11.8 Å². The van der Waals surface area contributed by atoms with Crippen molar-refractivity contribution in [3.05, 3.63) is 64.7 Å². The Kier molecular flexibility index (Phi) is 4.45. The first-order valence-corrected chi connectivity index (χ1v) is 7.00. The zero-order valence-corrected chi connectivity index (χ0v) is 11.6. The van der Waals surface area contributed by atoms with Gasteiger partial charge in [-0.25, -0.2) is 0 Å². The van der Waals surface area contributed by atoms with E-state index in [0.29, 0.717) is 16.3 Å². The van der Waals surface area contributed by atoms with Crippen molar-refractivity contribution in [3.8, 4) is 0 Å². The smallest absolute Gasteiger partial charge is 0.174 e. The number of halogens is 1. The first-order valence-electron chi connectivity index (χ1n) is 5.64. The Bertz CT molecular complexity index is 552. The number of rotatable bonds is 4. The summed E-state index contributed by atoms with van der Waals surface area (Å²) in [5.41, 5.74) is 1.66. The van der Waals surface area contributed by atoms with E-state index in [1.54, 1.807) is 6.07 Å². The minimum Gasteiger partial charge on any atom is -0.293 e. The third kappa shape index (κ3) is 3.37. The van der Waals surface area contributed by atoms with E-state index in [4.69, 9.17) is 11.6 Å². The average Bonchev–Trinajstić information content (AvgIpc) is 2.40. The number of carbonyl (C=O) groups is 1. The van der Waals surface area contributed by atoms with E-state index in [1.807, 2.05) is 49.4 Å². The average molecular weight is 277 g/mol. The molecule has 0 atom stereocenters. The molecule has 3 heteroatoms. The monoisotopic (exact) mass is 276 g/mol. The topological polar surface area (TPSA) is 17.1 Å². The van der Waals surface area contributed by atoms with E-state index in [9.17, 15) is 4.79 Å². The van der Waals surface area contributed by atoms with Crippen molar-refractivity contribution in [2.24, 2.45) is 0 Å². The van der Waals surface area contributed by atoms with Crippen LogP contribution in [0.2, 0.25) is 5.02 Å². The zero-order chi connectivity index (χ0) is 13.0. The number of aryl methyl sites for hydroxylation is 1. The number of thioether (sulfide) groups is 1. The van der Waals surface area contributed by atoms with E-state index in [1.165, 1.54) is 11.8 Å². The van der Waals surface area contributed by atoms with Crippen LogP contribution in [0, 0.1) is 6.92 Å². The minimum atomic E-state index is 0.0672. The first kappa shape index (κ1) is 13.2. The maximum Gasteiger partial charge on any atom is 0.174 e. The highest BCUT2D eigenvalue weighted by Gasteiger charge is 2.10. The molecule has 92 valence electrons. The molecular formula is C15H13ClOS. The van der Waals surface area contributed by atoms with Crippen molar-refractivity contribution < 1.29 is 4.79 Å². The van der Waals surface area contributed by atoms with Crippen LogP contribution in [0.1, 0.15) is 15.9 Å². The fourth-order valence-corrected chi connectivity index (χ4v) is 2.62. The summed E-state index contributed by atoms with van der Waals surface area (Å²) >= 11 is 7.57. The molecule has 1 nitrogen and oxygen atoms in total. The number of ketones is 1. The molecule has 0 aliphatic rings. The van der Waals surface area contributed by atoms with Crippen molar-refractivity contribution >= 4 is 29.1 Å². The molecular weight excluding hydrogens is 264 g/mol. The molecule has 0 heterocycles. The van der Waals surface area contributed by atoms with Crippen molar-refractivity contribution in [1.82, 2.24) is 0 Å². The van der Waals surface area contributed by atoms with Crippen molar-refractivity contribution in [2.75, 3.05) is 5.75 Å². The maximum atomic E-state index is 12.1. The second-order valence-corrected chi connectivity index (χ2v) is 5.46. The van der Waals surface area contributed by atoms with Crippen molar-refractivity contribution in [1.29, 1.82) is 0 Å². The molecule has 0 fully saturated rings. The first-order chi connectivity index (χ1) is 8.66. The summed E-state index contributed by atoms with van der Waals surface area (Å²) in [6.07, 6.45) is 0. The Morgan fingerprint density at radius 3 is 2.61 bits per heavy atom. The van der Waals surface area contributed by atoms with Gasteiger partial charge < -0.3 is 0 Å². The molecule has 0 aromatic heterocycles. The lowest BCUT2D eigenvalue weighted by atomic mass is 10.1. The molecule has 0 spiro atoms. The number of hydrogen-bond acceptors (Lipinski definition) is 2. The summed E-state index contributed by atoms with van der Waals surface area (Å²) in [4.78, 5) is 13.2. The van der Waals surface area contributed by atoms with E-state index >= 15 is 0 Å². The summed E-state index contributed by atoms with van der Waals surface area (Å²) in [5.74, 6) is 0.477. The van der Waals surface area contributed by atoms with Gasteiger partial charge in [-0.2, -0.15) is 0 Å². The zero-order valence-electron chi connectivity index (χ0n) is 10.0. The molecule has 0 N–H and O–H groups in total. The number of carbonyl (C=O) groups excluding carboxylic acids is 1. The normalized spacial score (nSPS) is 10.3. The minimum absolute atomic E-state index is 0.0672. The highest BCUT2D eigenvalue weighted by Crippen LogP contribution is 2.22. The molecule has 0 amide bonds. The number of Topliss-reactive ketones (excluding diaryl/α,β-unsaturated/α-hetero) is 1. The summed E-state index contributed by atoms with van der Waals surface area (Å²) in [6.45, 7) is 1.96. The summed E-state index contributed by atoms with van der Waals surface area (Å²) in [6, 6.07) is 15.4. The van der Waals surface area contributed by atoms with Gasteiger partial charge >= 0.3 is 0 Å². The van der Waals surface area contributed by atoms with Crippen molar-refractivity contribution in [3.63, 3.8) is 0 Å². The largest absolute Gasteiger partial charge is 0.293 e. The van der Waals surface area contributed by atoms with E-state index < -0.39 is 0 Å². The Labute approximate surface area is 116 Å². The lowest BCUT2D eigenvalue weighted by Crippen LogP contribution is -2.03. The maximum absolute atomic E-state index is 12.1. The second kappa shape index (κ2) is 6.07. The third-order valence-corrected chi connectivity index (χ3v) is 3.88. The van der Waals surface area contributed by atoms with E-state index in [-0.39, 0.29) is 5.78 Å². The van der Waals surface area contributed by atoms with Gasteiger partial charge in [0.25, 0.3) is 0 Å². The van der Waals surface area contributed by atoms with Gasteiger partial charge in [-0.05, 0) is 31.2 Å². The predicted octanol–water partition coefficient (Wildman–Crippen LogP) is 4.62. The van der Waals surface area contributed by atoms with Crippen LogP contribution in [0.3, 0.4) is 0 Å². The molecule has 0 aliphatic carbocycles. The van der Waals surface area contributed by atoms with Gasteiger partial charge in [0, 0.05) is 10.5 Å². The predicted molar refractivity (Wildman–Crippen MR) is 77.7 cm³/mol. The fourth-order valence-electron chi connectivity index (χ4n) is 1.60. The fraction of sp³-hybridized carbons (Fsp3) is 0.133. The van der Waals surface area contributed by atoms with Crippen LogP contribution in [-0.2, 0) is 0 Å². The van der Waals surface area contributed by atoms with Crippen LogP contribution < -0.4 is 0 Å². The lowest BCUT2D eigenvalue weighted by Gasteiger charge is -2.05. The Hall–Kier alpha value is -1.25. The Balaban J connectivity index is 2.06. The van der Waals surface area contributed by atoms with Crippen LogP contribution in [0.4, 0.5) is 0 Å². The highest BCUT2D eigenvalue weighted by atomic mass is 35.5. The van der Waals surface area contributed by atoms with Gasteiger partial charge in [-0.1, -0.05) is 41.4 Å². The molecule has 0 saturated heterocycles. The van der Waals surface area contributed by atoms with Gasteiger partial charge in [0.1, 0.15) is 0 Å². The second-order valence-electron chi connectivity index (χ2n) is 4.01. The molecule has 0 bridgehead atoms. The highest BCUT2D eigenvalue weighted by molar-refractivity contribution is 8.00. The molecule has 0 unspecified atom stereocenters. The standard InChI is InChI=1S/C15H13ClOS/c1-11-7-8-14(16)13(9-11)15(17)10-18-12-5-3-2-4-6-12/h2-9H,10H2,1H3. The van der Waals surface area contributed by atoms with E-state index in [2.05, 4.69) is 0 Å². The van der Waals surface area contributed by atoms with Crippen LogP contribution in [-0.4, -0.2) is 11.5 Å². The van der Waals surface area contributed by atoms with Crippen LogP contribution in [0.15, 0.2) is 53.4 Å². The van der Waals surface area contributed by atoms with Gasteiger partial charge in [-0.3, -0.25) is 4.79 Å². The lowest BCUT2D eigenvalue weighted by molar-refractivity contribution is 0.102.